The molecule has 1 aromatic rings. The molecular formula is C10H16N4O5. The highest BCUT2D eigenvalue weighted by molar-refractivity contribution is 5.35. The van der Waals surface area contributed by atoms with Crippen LogP contribution in [0.15, 0.2) is 11.0 Å². The molecule has 0 aliphatic carbocycles. The van der Waals surface area contributed by atoms with E-state index in [2.05, 4.69) is 9.82 Å². The van der Waals surface area contributed by atoms with Crippen molar-refractivity contribution < 1.29 is 19.8 Å². The lowest BCUT2D eigenvalue weighted by Crippen LogP contribution is -2.36. The van der Waals surface area contributed by atoms with Crippen LogP contribution in [0.25, 0.3) is 0 Å². The molecule has 6 N–H and O–H groups in total. The predicted molar refractivity (Wildman–Crippen MR) is 63.7 cm³/mol. The Morgan fingerprint density at radius 3 is 2.84 bits per heavy atom. The van der Waals surface area contributed by atoms with Gasteiger partial charge in [-0.15, -0.1) is 0 Å². The number of hydrogen-bond donors (Lipinski definition) is 4. The van der Waals surface area contributed by atoms with Gasteiger partial charge >= 0.3 is 5.69 Å². The molecule has 0 radical (unpaired) electrons. The zero-order valence-corrected chi connectivity index (χ0v) is 10.3. The summed E-state index contributed by atoms with van der Waals surface area (Å²) < 4.78 is 6.44. The minimum Gasteiger partial charge on any atom is -0.387 e. The molecule has 1 aliphatic rings. The lowest BCUT2D eigenvalue weighted by molar-refractivity contribution is -0.0689. The second-order valence-corrected chi connectivity index (χ2v) is 4.38. The van der Waals surface area contributed by atoms with Gasteiger partial charge in [-0.2, -0.15) is 4.98 Å². The molecule has 1 fully saturated rings. The van der Waals surface area contributed by atoms with E-state index < -0.39 is 30.2 Å². The van der Waals surface area contributed by atoms with Crippen LogP contribution in [0.4, 0.5) is 5.82 Å². The van der Waals surface area contributed by atoms with Gasteiger partial charge in [0.1, 0.15) is 24.1 Å². The van der Waals surface area contributed by atoms with Crippen LogP contribution >= 0.6 is 0 Å². The van der Waals surface area contributed by atoms with Gasteiger partial charge in [0.2, 0.25) is 0 Å². The molecule has 1 aliphatic heterocycles. The van der Waals surface area contributed by atoms with Crippen LogP contribution in [0.5, 0.6) is 0 Å². The SMILES string of the molecule is Cc1cn([C@@H]2O[C@H](CON)[C@@H](O)[C@H]2O)c(=O)nc1N. The molecule has 0 unspecified atom stereocenters. The van der Waals surface area contributed by atoms with Crippen molar-refractivity contribution in [2.75, 3.05) is 12.3 Å². The number of aliphatic hydroxyl groups excluding tert-OH is 2. The van der Waals surface area contributed by atoms with Crippen molar-refractivity contribution in [1.29, 1.82) is 0 Å². The van der Waals surface area contributed by atoms with Gasteiger partial charge in [-0.25, -0.2) is 10.7 Å². The van der Waals surface area contributed by atoms with Gasteiger partial charge in [-0.3, -0.25) is 4.57 Å². The molecule has 2 rings (SSSR count). The van der Waals surface area contributed by atoms with Crippen LogP contribution in [-0.2, 0) is 9.57 Å². The Morgan fingerprint density at radius 2 is 2.21 bits per heavy atom. The molecule has 19 heavy (non-hydrogen) atoms. The Hall–Kier alpha value is -1.52. The highest BCUT2D eigenvalue weighted by atomic mass is 16.6. The van der Waals surface area contributed by atoms with Crippen molar-refractivity contribution in [1.82, 2.24) is 9.55 Å². The Labute approximate surface area is 108 Å². The number of ether oxygens (including phenoxy) is 1. The molecule has 9 nitrogen and oxygen atoms in total. The van der Waals surface area contributed by atoms with E-state index in [1.54, 1.807) is 6.92 Å². The molecule has 1 saturated heterocycles. The van der Waals surface area contributed by atoms with Crippen molar-refractivity contribution in [3.05, 3.63) is 22.2 Å². The maximum absolute atomic E-state index is 11.7. The largest absolute Gasteiger partial charge is 0.387 e. The second-order valence-electron chi connectivity index (χ2n) is 4.38. The Kier molecular flexibility index (Phi) is 3.83. The highest BCUT2D eigenvalue weighted by Crippen LogP contribution is 2.28. The average molecular weight is 272 g/mol. The topological polar surface area (TPSA) is 146 Å². The van der Waals surface area contributed by atoms with Gasteiger partial charge in [0, 0.05) is 11.8 Å². The number of rotatable bonds is 3. The summed E-state index contributed by atoms with van der Waals surface area (Å²) in [4.78, 5) is 19.7. The molecule has 4 atom stereocenters. The van der Waals surface area contributed by atoms with Crippen LogP contribution in [0.1, 0.15) is 11.8 Å². The van der Waals surface area contributed by atoms with Crippen LogP contribution in [-0.4, -0.2) is 44.7 Å². The smallest absolute Gasteiger partial charge is 0.351 e. The lowest BCUT2D eigenvalue weighted by Gasteiger charge is -2.17. The normalized spacial score (nSPS) is 30.7. The van der Waals surface area contributed by atoms with Crippen molar-refractivity contribution in [2.24, 2.45) is 5.90 Å². The van der Waals surface area contributed by atoms with E-state index in [1.807, 2.05) is 0 Å². The van der Waals surface area contributed by atoms with Crippen LogP contribution in [0.2, 0.25) is 0 Å². The van der Waals surface area contributed by atoms with Gasteiger partial charge in [0.25, 0.3) is 0 Å². The maximum Gasteiger partial charge on any atom is 0.351 e. The molecule has 2 heterocycles. The lowest BCUT2D eigenvalue weighted by atomic mass is 10.1. The van der Waals surface area contributed by atoms with E-state index in [0.29, 0.717) is 5.56 Å². The number of nitrogens with two attached hydrogens (primary N) is 2. The number of hydrogen-bond acceptors (Lipinski definition) is 8. The van der Waals surface area contributed by atoms with E-state index in [9.17, 15) is 15.0 Å². The molecule has 0 aromatic carbocycles. The summed E-state index contributed by atoms with van der Waals surface area (Å²) >= 11 is 0. The number of aliphatic hydroxyl groups is 2. The predicted octanol–water partition coefficient (Wildman–Crippen LogP) is -2.36. The molecule has 0 amide bonds. The molecule has 1 aromatic heterocycles. The summed E-state index contributed by atoms with van der Waals surface area (Å²) in [5.41, 5.74) is 5.40. The van der Waals surface area contributed by atoms with Gasteiger partial charge in [0.15, 0.2) is 6.23 Å². The number of anilines is 1. The Bertz CT molecular complexity index is 519. The minimum atomic E-state index is -1.29. The Balaban J connectivity index is 2.33. The maximum atomic E-state index is 11.7. The van der Waals surface area contributed by atoms with E-state index in [1.165, 1.54) is 6.20 Å². The van der Waals surface area contributed by atoms with Gasteiger partial charge in [0.05, 0.1) is 6.61 Å². The van der Waals surface area contributed by atoms with Crippen LogP contribution < -0.4 is 17.3 Å². The first-order valence-corrected chi connectivity index (χ1v) is 5.64. The second kappa shape index (κ2) is 5.23. The summed E-state index contributed by atoms with van der Waals surface area (Å²) in [6.07, 6.45) is -2.97. The summed E-state index contributed by atoms with van der Waals surface area (Å²) in [5, 5.41) is 19.7. The van der Waals surface area contributed by atoms with Gasteiger partial charge in [-0.1, -0.05) is 0 Å². The van der Waals surface area contributed by atoms with Crippen molar-refractivity contribution in [3.63, 3.8) is 0 Å². The number of aromatic nitrogens is 2. The fraction of sp³-hybridized carbons (Fsp3) is 0.600. The highest BCUT2D eigenvalue weighted by Gasteiger charge is 2.44. The first-order chi connectivity index (χ1) is 8.95. The third kappa shape index (κ3) is 2.46. The molecule has 106 valence electrons. The zero-order chi connectivity index (χ0) is 14.2. The molecule has 0 bridgehead atoms. The number of nitrogen functional groups attached to an aromatic ring is 1. The molecule has 0 spiro atoms. The summed E-state index contributed by atoms with van der Waals surface area (Å²) in [6, 6.07) is 0. The molecule has 0 saturated carbocycles. The summed E-state index contributed by atoms with van der Waals surface area (Å²) in [6.45, 7) is 1.56. The molecular weight excluding hydrogens is 256 g/mol. The van der Waals surface area contributed by atoms with Crippen molar-refractivity contribution in [3.8, 4) is 0 Å². The van der Waals surface area contributed by atoms with E-state index >= 15 is 0 Å². The van der Waals surface area contributed by atoms with Gasteiger partial charge in [-0.05, 0) is 6.92 Å². The fourth-order valence-corrected chi connectivity index (χ4v) is 1.95. The summed E-state index contributed by atoms with van der Waals surface area (Å²) in [7, 11) is 0. The Morgan fingerprint density at radius 1 is 1.53 bits per heavy atom. The standard InChI is InChI=1S/C10H16N4O5/c1-4-2-14(10(17)13-8(4)11)9-7(16)6(15)5(19-9)3-18-12/h2,5-7,9,15-16H,3,12H2,1H3,(H2,11,13,17)/t5-,6-,7-,9-/m1/s1. The van der Waals surface area contributed by atoms with E-state index in [4.69, 9.17) is 16.4 Å². The molecule has 9 heteroatoms. The summed E-state index contributed by atoms with van der Waals surface area (Å²) in [5.74, 6) is 5.01. The first kappa shape index (κ1) is 13.9. The van der Waals surface area contributed by atoms with E-state index in [-0.39, 0.29) is 12.4 Å². The fourth-order valence-electron chi connectivity index (χ4n) is 1.95. The first-order valence-electron chi connectivity index (χ1n) is 5.64. The van der Waals surface area contributed by atoms with Crippen molar-refractivity contribution >= 4 is 5.82 Å². The monoisotopic (exact) mass is 272 g/mol. The van der Waals surface area contributed by atoms with Gasteiger partial charge < -0.3 is 25.5 Å². The quantitative estimate of drug-likeness (QED) is 0.447. The van der Waals surface area contributed by atoms with Crippen LogP contribution in [0.3, 0.4) is 0 Å². The zero-order valence-electron chi connectivity index (χ0n) is 10.3. The van der Waals surface area contributed by atoms with Crippen LogP contribution in [0, 0.1) is 6.92 Å². The van der Waals surface area contributed by atoms with Crippen molar-refractivity contribution in [2.45, 2.75) is 31.5 Å². The third-order valence-electron chi connectivity index (χ3n) is 3.05. The third-order valence-corrected chi connectivity index (χ3v) is 3.05. The number of aryl methyl sites for hydroxylation is 1. The average Bonchev–Trinajstić information content (AvgIpc) is 2.63. The van der Waals surface area contributed by atoms with E-state index in [0.717, 1.165) is 4.57 Å². The number of nitrogens with zero attached hydrogens (tertiary/aromatic N) is 2. The minimum absolute atomic E-state index is 0.106.